The maximum atomic E-state index is 13.3. The maximum absolute atomic E-state index is 13.3. The van der Waals surface area contributed by atoms with E-state index in [1.54, 1.807) is 58.6 Å². The second kappa shape index (κ2) is 12.0. The van der Waals surface area contributed by atoms with E-state index in [2.05, 4.69) is 23.1 Å². The first-order valence-electron chi connectivity index (χ1n) is 15.3. The van der Waals surface area contributed by atoms with Gasteiger partial charge in [0.1, 0.15) is 19.0 Å². The van der Waals surface area contributed by atoms with E-state index in [1.165, 1.54) is 14.2 Å². The lowest BCUT2D eigenvalue weighted by Gasteiger charge is -2.20. The molecule has 4 aliphatic rings. The van der Waals surface area contributed by atoms with Gasteiger partial charge in [-0.15, -0.1) is 0 Å². The van der Waals surface area contributed by atoms with E-state index in [0.717, 1.165) is 11.1 Å². The zero-order valence-corrected chi connectivity index (χ0v) is 26.2. The molecule has 2 saturated heterocycles. The van der Waals surface area contributed by atoms with Gasteiger partial charge in [-0.05, 0) is 54.3 Å². The van der Waals surface area contributed by atoms with Crippen molar-refractivity contribution in [3.8, 4) is 28.7 Å². The molecule has 47 heavy (non-hydrogen) atoms. The van der Waals surface area contributed by atoms with Gasteiger partial charge < -0.3 is 33.9 Å². The van der Waals surface area contributed by atoms with Crippen LogP contribution in [-0.2, 0) is 13.2 Å². The van der Waals surface area contributed by atoms with E-state index >= 15 is 0 Å². The molecule has 11 heteroatoms. The van der Waals surface area contributed by atoms with Crippen LogP contribution in [0.25, 0.3) is 0 Å². The molecule has 0 radical (unpaired) electrons. The van der Waals surface area contributed by atoms with Crippen LogP contribution >= 0.6 is 0 Å². The fourth-order valence-electron chi connectivity index (χ4n) is 6.44. The Morgan fingerprint density at radius 3 is 1.57 bits per heavy atom. The van der Waals surface area contributed by atoms with E-state index in [4.69, 9.17) is 18.9 Å². The molecule has 2 amide bonds. The number of carbonyl (C=O) groups excluding carboxylic acids is 2. The van der Waals surface area contributed by atoms with Crippen molar-refractivity contribution in [2.75, 3.05) is 27.3 Å². The van der Waals surface area contributed by atoms with Crippen molar-refractivity contribution in [1.29, 1.82) is 0 Å². The average molecular weight is 635 g/mol. The van der Waals surface area contributed by atoms with Crippen molar-refractivity contribution >= 4 is 35.6 Å². The summed E-state index contributed by atoms with van der Waals surface area (Å²) in [6, 6.07) is 11.5. The van der Waals surface area contributed by atoms with Gasteiger partial charge in [-0.1, -0.05) is 24.3 Å². The molecule has 0 aliphatic carbocycles. The van der Waals surface area contributed by atoms with Crippen molar-refractivity contribution in [3.05, 3.63) is 89.0 Å². The zero-order chi connectivity index (χ0) is 32.8. The standard InChI is InChI=1S/C36H34N4O7/c1-20-5-24-14-37-29-12-33(31(44-3)10-27(29)35(42)39(24)16-20)46-18-22-7-23(9-26(41)8-22)19-47-34-13-30-28(11-32(34)45-4)36(43)40-17-21(2)6-25(40)15-38-30/h7-15,24-25,41H,1-2,5-6,16-19H2,3-4H3/t24-,25?/m0/s1. The number of nitrogens with zero attached hydrogens (tertiary/aromatic N) is 4. The smallest absolute Gasteiger partial charge is 0.257 e. The van der Waals surface area contributed by atoms with Gasteiger partial charge in [-0.25, -0.2) is 0 Å². The number of benzene rings is 3. The Labute approximate surface area is 272 Å². The Morgan fingerprint density at radius 2 is 1.15 bits per heavy atom. The molecule has 0 saturated carbocycles. The van der Waals surface area contributed by atoms with Crippen molar-refractivity contribution in [3.63, 3.8) is 0 Å². The van der Waals surface area contributed by atoms with Crippen LogP contribution in [0.5, 0.6) is 28.7 Å². The quantitative estimate of drug-likeness (QED) is 0.323. The minimum Gasteiger partial charge on any atom is -0.508 e. The summed E-state index contributed by atoms with van der Waals surface area (Å²) >= 11 is 0. The van der Waals surface area contributed by atoms with Crippen LogP contribution in [0.2, 0.25) is 0 Å². The number of hydrogen-bond acceptors (Lipinski definition) is 9. The maximum Gasteiger partial charge on any atom is 0.257 e. The largest absolute Gasteiger partial charge is 0.508 e. The molecule has 1 N–H and O–H groups in total. The number of ether oxygens (including phenoxy) is 4. The van der Waals surface area contributed by atoms with Gasteiger partial charge in [0, 0.05) is 37.7 Å². The number of aromatic hydroxyl groups is 1. The Kier molecular flexibility index (Phi) is 7.67. The lowest BCUT2D eigenvalue weighted by molar-refractivity contribution is 0.0769. The minimum atomic E-state index is -0.125. The summed E-state index contributed by atoms with van der Waals surface area (Å²) in [6.45, 7) is 9.27. The van der Waals surface area contributed by atoms with E-state index in [9.17, 15) is 14.7 Å². The molecular formula is C36H34N4O7. The molecule has 1 unspecified atom stereocenters. The second-order valence-corrected chi connectivity index (χ2v) is 12.1. The van der Waals surface area contributed by atoms with Crippen LogP contribution < -0.4 is 18.9 Å². The van der Waals surface area contributed by atoms with Crippen molar-refractivity contribution in [2.24, 2.45) is 9.98 Å². The van der Waals surface area contributed by atoms with Gasteiger partial charge in [0.05, 0.1) is 48.8 Å². The lowest BCUT2D eigenvalue weighted by atomic mass is 10.1. The molecule has 2 fully saturated rings. The van der Waals surface area contributed by atoms with Crippen LogP contribution in [0.1, 0.15) is 44.7 Å². The Hall–Kier alpha value is -5.58. The van der Waals surface area contributed by atoms with Gasteiger partial charge in [-0.3, -0.25) is 19.6 Å². The Morgan fingerprint density at radius 1 is 0.702 bits per heavy atom. The van der Waals surface area contributed by atoms with E-state index in [-0.39, 0.29) is 42.9 Å². The molecule has 3 aromatic carbocycles. The molecule has 2 atom stereocenters. The summed E-state index contributed by atoms with van der Waals surface area (Å²) < 4.78 is 23.4. The highest BCUT2D eigenvalue weighted by atomic mass is 16.5. The van der Waals surface area contributed by atoms with Crippen molar-refractivity contribution < 1.29 is 33.6 Å². The number of hydrogen-bond donors (Lipinski definition) is 1. The number of amides is 2. The first kappa shape index (κ1) is 30.1. The Balaban J connectivity index is 1.08. The van der Waals surface area contributed by atoms with Crippen LogP contribution in [0.4, 0.5) is 11.4 Å². The highest BCUT2D eigenvalue weighted by Gasteiger charge is 2.35. The predicted molar refractivity (Wildman–Crippen MR) is 176 cm³/mol. The number of methoxy groups -OCH3 is 2. The van der Waals surface area contributed by atoms with E-state index in [1.807, 2.05) is 6.07 Å². The fourth-order valence-corrected chi connectivity index (χ4v) is 6.44. The van der Waals surface area contributed by atoms with Crippen LogP contribution in [0.15, 0.2) is 76.8 Å². The van der Waals surface area contributed by atoms with E-state index < -0.39 is 0 Å². The van der Waals surface area contributed by atoms with Gasteiger partial charge in [0.15, 0.2) is 23.0 Å². The van der Waals surface area contributed by atoms with Crippen LogP contribution in [0.3, 0.4) is 0 Å². The highest BCUT2D eigenvalue weighted by molar-refractivity contribution is 6.04. The molecule has 0 aromatic heterocycles. The highest BCUT2D eigenvalue weighted by Crippen LogP contribution is 2.40. The third-order valence-electron chi connectivity index (χ3n) is 8.73. The number of phenols is 1. The molecular weight excluding hydrogens is 600 g/mol. The first-order valence-corrected chi connectivity index (χ1v) is 15.3. The SMILES string of the molecule is C=C1CC2C=Nc3cc(OCc4cc(O)cc(COc5cc6c(cc5OC)C(=O)N5CC(=C)C[C@H]5C=N6)c4)c(OC)cc3C(=O)N2C1. The molecule has 240 valence electrons. The summed E-state index contributed by atoms with van der Waals surface area (Å²) in [5.74, 6) is 1.42. The van der Waals surface area contributed by atoms with Crippen molar-refractivity contribution in [2.45, 2.75) is 38.1 Å². The molecule has 4 heterocycles. The second-order valence-electron chi connectivity index (χ2n) is 12.1. The first-order chi connectivity index (χ1) is 22.7. The molecule has 3 aromatic rings. The molecule has 11 nitrogen and oxygen atoms in total. The lowest BCUT2D eigenvalue weighted by Crippen LogP contribution is -2.35. The predicted octanol–water partition coefficient (Wildman–Crippen LogP) is 5.54. The summed E-state index contributed by atoms with van der Waals surface area (Å²) in [5, 5.41) is 10.5. The van der Waals surface area contributed by atoms with Crippen molar-refractivity contribution in [1.82, 2.24) is 9.80 Å². The zero-order valence-electron chi connectivity index (χ0n) is 26.2. The summed E-state index contributed by atoms with van der Waals surface area (Å²) in [5.41, 5.74) is 5.25. The van der Waals surface area contributed by atoms with E-state index in [0.29, 0.717) is 82.6 Å². The normalized spacial score (nSPS) is 19.5. The Bertz CT molecular complexity index is 1770. The minimum absolute atomic E-state index is 0.0437. The number of carbonyl (C=O) groups is 2. The number of aliphatic imine (C=N–C) groups is 2. The fraction of sp³-hybridized carbons (Fsp3) is 0.278. The van der Waals surface area contributed by atoms with Crippen LogP contribution in [0, 0.1) is 0 Å². The molecule has 0 spiro atoms. The molecule has 7 rings (SSSR count). The van der Waals surface area contributed by atoms with Gasteiger partial charge >= 0.3 is 0 Å². The van der Waals surface area contributed by atoms with Gasteiger partial charge in [-0.2, -0.15) is 0 Å². The van der Waals surface area contributed by atoms with Gasteiger partial charge in [0.2, 0.25) is 0 Å². The van der Waals surface area contributed by atoms with Crippen LogP contribution in [-0.4, -0.2) is 78.5 Å². The van der Waals surface area contributed by atoms with Gasteiger partial charge in [0.25, 0.3) is 11.8 Å². The number of rotatable bonds is 8. The molecule has 4 aliphatic heterocycles. The summed E-state index contributed by atoms with van der Waals surface area (Å²) in [7, 11) is 3.03. The third kappa shape index (κ3) is 5.69. The number of fused-ring (bicyclic) bond motifs is 4. The topological polar surface area (TPSA) is 122 Å². The number of phenolic OH excluding ortho intramolecular Hbond substituents is 1. The molecule has 0 bridgehead atoms. The average Bonchev–Trinajstić information content (AvgIpc) is 3.57. The monoisotopic (exact) mass is 634 g/mol. The summed E-state index contributed by atoms with van der Waals surface area (Å²) in [4.78, 5) is 39.3. The third-order valence-corrected chi connectivity index (χ3v) is 8.73. The summed E-state index contributed by atoms with van der Waals surface area (Å²) in [6.07, 6.45) is 4.94.